The molecule has 1 aromatic rings. The molecule has 1 heterocycles. The number of aliphatic carboxylic acids is 1. The molecule has 0 spiro atoms. The maximum atomic E-state index is 11.8. The van der Waals surface area contributed by atoms with Gasteiger partial charge in [0.15, 0.2) is 0 Å². The van der Waals surface area contributed by atoms with Gasteiger partial charge in [-0.05, 0) is 23.5 Å². The van der Waals surface area contributed by atoms with Crippen molar-refractivity contribution < 1.29 is 14.6 Å². The zero-order valence-electron chi connectivity index (χ0n) is 12.4. The number of rotatable bonds is 5. The number of hydrogen-bond donors (Lipinski definition) is 1. The van der Waals surface area contributed by atoms with Crippen molar-refractivity contribution in [1.29, 1.82) is 0 Å². The first-order chi connectivity index (χ1) is 9.56. The zero-order valence-corrected chi connectivity index (χ0v) is 12.4. The molecular weight excluding hydrogens is 254 g/mol. The predicted molar refractivity (Wildman–Crippen MR) is 77.7 cm³/mol. The molecule has 0 bridgehead atoms. The number of benzene rings is 1. The standard InChI is InChI=1S/C16H23NO3/c1-11(2)14(10-20-3)17-9-8-12-6-4-5-7-13(12)15(17)16(18)19/h4-7,11,14-15H,8-10H2,1-3H3,(H,18,19). The van der Waals surface area contributed by atoms with Crippen molar-refractivity contribution in [2.45, 2.75) is 32.4 Å². The summed E-state index contributed by atoms with van der Waals surface area (Å²) >= 11 is 0. The molecule has 0 saturated heterocycles. The topological polar surface area (TPSA) is 49.8 Å². The second-order valence-electron chi connectivity index (χ2n) is 5.69. The Morgan fingerprint density at radius 2 is 2.15 bits per heavy atom. The van der Waals surface area contributed by atoms with E-state index in [0.29, 0.717) is 12.5 Å². The molecule has 1 aliphatic heterocycles. The summed E-state index contributed by atoms with van der Waals surface area (Å²) in [5.41, 5.74) is 2.07. The van der Waals surface area contributed by atoms with Gasteiger partial charge < -0.3 is 9.84 Å². The number of methoxy groups -OCH3 is 1. The van der Waals surface area contributed by atoms with Gasteiger partial charge in [-0.3, -0.25) is 9.69 Å². The molecule has 0 fully saturated rings. The van der Waals surface area contributed by atoms with Gasteiger partial charge in [0.1, 0.15) is 6.04 Å². The first-order valence-electron chi connectivity index (χ1n) is 7.11. The predicted octanol–water partition coefficient (Wildman–Crippen LogP) is 2.34. The van der Waals surface area contributed by atoms with Crippen LogP contribution in [0.4, 0.5) is 0 Å². The minimum Gasteiger partial charge on any atom is -0.480 e. The normalized spacial score (nSPS) is 20.7. The molecule has 2 unspecified atom stereocenters. The van der Waals surface area contributed by atoms with Crippen molar-refractivity contribution in [2.75, 3.05) is 20.3 Å². The third kappa shape index (κ3) is 2.86. The number of fused-ring (bicyclic) bond motifs is 1. The van der Waals surface area contributed by atoms with E-state index in [2.05, 4.69) is 18.7 Å². The molecule has 0 aromatic heterocycles. The Morgan fingerprint density at radius 3 is 2.75 bits per heavy atom. The van der Waals surface area contributed by atoms with Crippen LogP contribution < -0.4 is 0 Å². The van der Waals surface area contributed by atoms with Crippen molar-refractivity contribution in [3.05, 3.63) is 35.4 Å². The highest BCUT2D eigenvalue weighted by molar-refractivity contribution is 5.76. The Kier molecular flexibility index (Phi) is 4.78. The first kappa shape index (κ1) is 15.0. The van der Waals surface area contributed by atoms with Crippen LogP contribution in [0.5, 0.6) is 0 Å². The van der Waals surface area contributed by atoms with Crippen LogP contribution in [0.25, 0.3) is 0 Å². The molecule has 4 heteroatoms. The maximum absolute atomic E-state index is 11.8. The Bertz CT molecular complexity index is 473. The van der Waals surface area contributed by atoms with Gasteiger partial charge in [-0.15, -0.1) is 0 Å². The largest absolute Gasteiger partial charge is 0.480 e. The Morgan fingerprint density at radius 1 is 1.45 bits per heavy atom. The fourth-order valence-electron chi connectivity index (χ4n) is 3.06. The number of hydrogen-bond acceptors (Lipinski definition) is 3. The fourth-order valence-corrected chi connectivity index (χ4v) is 3.06. The average molecular weight is 277 g/mol. The van der Waals surface area contributed by atoms with E-state index in [1.54, 1.807) is 7.11 Å². The van der Waals surface area contributed by atoms with Crippen LogP contribution in [-0.2, 0) is 16.0 Å². The minimum atomic E-state index is -0.779. The fraction of sp³-hybridized carbons (Fsp3) is 0.562. The summed E-state index contributed by atoms with van der Waals surface area (Å²) in [6, 6.07) is 7.41. The van der Waals surface area contributed by atoms with Crippen molar-refractivity contribution >= 4 is 5.97 Å². The molecule has 0 aliphatic carbocycles. The van der Waals surface area contributed by atoms with Gasteiger partial charge in [0, 0.05) is 19.7 Å². The van der Waals surface area contributed by atoms with E-state index in [1.807, 2.05) is 24.3 Å². The van der Waals surface area contributed by atoms with E-state index in [1.165, 1.54) is 0 Å². The third-order valence-electron chi connectivity index (χ3n) is 4.09. The third-order valence-corrected chi connectivity index (χ3v) is 4.09. The molecule has 0 radical (unpaired) electrons. The smallest absolute Gasteiger partial charge is 0.325 e. The van der Waals surface area contributed by atoms with Gasteiger partial charge in [-0.2, -0.15) is 0 Å². The molecule has 2 atom stereocenters. The summed E-state index contributed by atoms with van der Waals surface area (Å²) < 4.78 is 5.30. The second-order valence-corrected chi connectivity index (χ2v) is 5.69. The van der Waals surface area contributed by atoms with Gasteiger partial charge in [0.25, 0.3) is 0 Å². The van der Waals surface area contributed by atoms with E-state index in [9.17, 15) is 9.90 Å². The molecule has 20 heavy (non-hydrogen) atoms. The lowest BCUT2D eigenvalue weighted by Crippen LogP contribution is -2.49. The van der Waals surface area contributed by atoms with Gasteiger partial charge in [0.05, 0.1) is 6.61 Å². The molecule has 2 rings (SSSR count). The Labute approximate surface area is 120 Å². The number of ether oxygens (including phenoxy) is 1. The molecular formula is C16H23NO3. The van der Waals surface area contributed by atoms with Crippen molar-refractivity contribution in [3.63, 3.8) is 0 Å². The van der Waals surface area contributed by atoms with Crippen LogP contribution in [0.15, 0.2) is 24.3 Å². The second kappa shape index (κ2) is 6.37. The van der Waals surface area contributed by atoms with Crippen LogP contribution in [0.3, 0.4) is 0 Å². The lowest BCUT2D eigenvalue weighted by Gasteiger charge is -2.41. The SMILES string of the molecule is COCC(C(C)C)N1CCc2ccccc2C1C(=O)O. The number of carbonyl (C=O) groups is 1. The summed E-state index contributed by atoms with van der Waals surface area (Å²) in [7, 11) is 1.67. The van der Waals surface area contributed by atoms with E-state index in [4.69, 9.17) is 4.74 Å². The van der Waals surface area contributed by atoms with E-state index < -0.39 is 12.0 Å². The summed E-state index contributed by atoms with van der Waals surface area (Å²) in [6.07, 6.45) is 0.896. The summed E-state index contributed by atoms with van der Waals surface area (Å²) in [5.74, 6) is -0.430. The van der Waals surface area contributed by atoms with Crippen LogP contribution >= 0.6 is 0 Å². The van der Waals surface area contributed by atoms with Gasteiger partial charge in [0.2, 0.25) is 0 Å². The van der Waals surface area contributed by atoms with Crippen LogP contribution in [0.1, 0.15) is 31.0 Å². The Balaban J connectivity index is 2.37. The van der Waals surface area contributed by atoms with E-state index >= 15 is 0 Å². The molecule has 4 nitrogen and oxygen atoms in total. The number of carboxylic acid groups (broad SMARTS) is 1. The highest BCUT2D eigenvalue weighted by Crippen LogP contribution is 2.33. The van der Waals surface area contributed by atoms with E-state index in [0.717, 1.165) is 24.1 Å². The lowest BCUT2D eigenvalue weighted by atomic mass is 9.89. The molecule has 0 amide bonds. The molecule has 0 saturated carbocycles. The molecule has 1 aromatic carbocycles. The highest BCUT2D eigenvalue weighted by atomic mass is 16.5. The van der Waals surface area contributed by atoms with Crippen LogP contribution in [-0.4, -0.2) is 42.3 Å². The molecule has 1 aliphatic rings. The first-order valence-corrected chi connectivity index (χ1v) is 7.11. The monoisotopic (exact) mass is 277 g/mol. The maximum Gasteiger partial charge on any atom is 0.325 e. The quantitative estimate of drug-likeness (QED) is 0.897. The molecule has 110 valence electrons. The van der Waals surface area contributed by atoms with Gasteiger partial charge >= 0.3 is 5.97 Å². The van der Waals surface area contributed by atoms with Crippen molar-refractivity contribution in [3.8, 4) is 0 Å². The average Bonchev–Trinajstić information content (AvgIpc) is 2.43. The summed E-state index contributed by atoms with van der Waals surface area (Å²) in [4.78, 5) is 13.9. The van der Waals surface area contributed by atoms with E-state index in [-0.39, 0.29) is 6.04 Å². The van der Waals surface area contributed by atoms with Gasteiger partial charge in [-0.1, -0.05) is 38.1 Å². The molecule has 1 N–H and O–H groups in total. The number of carboxylic acids is 1. The number of nitrogens with zero attached hydrogens (tertiary/aromatic N) is 1. The highest BCUT2D eigenvalue weighted by Gasteiger charge is 2.37. The Hall–Kier alpha value is -1.39. The minimum absolute atomic E-state index is 0.120. The van der Waals surface area contributed by atoms with Crippen LogP contribution in [0.2, 0.25) is 0 Å². The van der Waals surface area contributed by atoms with Crippen molar-refractivity contribution in [1.82, 2.24) is 4.90 Å². The summed E-state index contributed by atoms with van der Waals surface area (Å²) in [6.45, 7) is 5.55. The zero-order chi connectivity index (χ0) is 14.7. The summed E-state index contributed by atoms with van der Waals surface area (Å²) in [5, 5.41) is 9.67. The lowest BCUT2D eigenvalue weighted by molar-refractivity contribution is -0.146. The van der Waals surface area contributed by atoms with Crippen LogP contribution in [0, 0.1) is 5.92 Å². The van der Waals surface area contributed by atoms with Crippen molar-refractivity contribution in [2.24, 2.45) is 5.92 Å². The van der Waals surface area contributed by atoms with Gasteiger partial charge in [-0.25, -0.2) is 0 Å².